The molecule has 6 nitrogen and oxygen atoms in total. The van der Waals surface area contributed by atoms with Crippen molar-refractivity contribution in [2.24, 2.45) is 5.92 Å². The number of carbonyl (C=O) groups excluding carboxylic acids is 2. The van der Waals surface area contributed by atoms with Crippen molar-refractivity contribution in [3.63, 3.8) is 0 Å². The van der Waals surface area contributed by atoms with Crippen molar-refractivity contribution in [3.05, 3.63) is 40.8 Å². The lowest BCUT2D eigenvalue weighted by Crippen LogP contribution is -2.45. The van der Waals surface area contributed by atoms with Gasteiger partial charge in [-0.1, -0.05) is 68.2 Å². The highest BCUT2D eigenvalue weighted by Crippen LogP contribution is 2.32. The molecule has 1 heterocycles. The lowest BCUT2D eigenvalue weighted by molar-refractivity contribution is -0.143. The van der Waals surface area contributed by atoms with Gasteiger partial charge in [-0.2, -0.15) is 0 Å². The molecular formula is C18H20N2O4S2. The number of carbonyl (C=O) groups is 3. The highest BCUT2D eigenvalue weighted by atomic mass is 32.2. The van der Waals surface area contributed by atoms with Crippen LogP contribution in [0, 0.1) is 5.92 Å². The quantitative estimate of drug-likeness (QED) is 0.548. The second kappa shape index (κ2) is 8.95. The minimum absolute atomic E-state index is 0.0123. The molecule has 2 N–H and O–H groups in total. The Hall–Kier alpha value is -2.19. The third-order valence-corrected chi connectivity index (χ3v) is 5.16. The highest BCUT2D eigenvalue weighted by Gasteiger charge is 2.32. The number of aliphatic carboxylic acids is 1. The first-order valence-corrected chi connectivity index (χ1v) is 9.34. The number of nitrogens with zero attached hydrogens (tertiary/aromatic N) is 1. The number of thiocarbonyl (C=S) groups is 1. The maximum Gasteiger partial charge on any atom is 0.326 e. The van der Waals surface area contributed by atoms with Crippen LogP contribution < -0.4 is 5.32 Å². The molecule has 0 radical (unpaired) electrons. The summed E-state index contributed by atoms with van der Waals surface area (Å²) < 4.78 is 0.392. The van der Waals surface area contributed by atoms with Crippen LogP contribution in [-0.4, -0.2) is 44.7 Å². The van der Waals surface area contributed by atoms with Gasteiger partial charge in [0.15, 0.2) is 0 Å². The number of hydrogen-bond donors (Lipinski definition) is 2. The fraction of sp³-hybridized carbons (Fsp3) is 0.333. The van der Waals surface area contributed by atoms with E-state index < -0.39 is 17.9 Å². The molecule has 1 aliphatic rings. The zero-order valence-electron chi connectivity index (χ0n) is 14.5. The van der Waals surface area contributed by atoms with E-state index >= 15 is 0 Å². The first-order valence-electron chi connectivity index (χ1n) is 8.12. The minimum Gasteiger partial charge on any atom is -0.480 e. The average molecular weight is 393 g/mol. The van der Waals surface area contributed by atoms with Crippen molar-refractivity contribution >= 4 is 52.2 Å². The summed E-state index contributed by atoms with van der Waals surface area (Å²) >= 11 is 6.43. The van der Waals surface area contributed by atoms with Crippen LogP contribution in [0.2, 0.25) is 0 Å². The fourth-order valence-electron chi connectivity index (χ4n) is 2.37. The molecule has 1 aliphatic heterocycles. The molecule has 1 atom stereocenters. The molecule has 8 heteroatoms. The summed E-state index contributed by atoms with van der Waals surface area (Å²) in [5, 5.41) is 11.6. The van der Waals surface area contributed by atoms with Crippen LogP contribution >= 0.6 is 24.0 Å². The smallest absolute Gasteiger partial charge is 0.326 e. The van der Waals surface area contributed by atoms with Crippen molar-refractivity contribution in [1.82, 2.24) is 10.2 Å². The summed E-state index contributed by atoms with van der Waals surface area (Å²) in [6.07, 6.45) is 1.75. The molecule has 0 unspecified atom stereocenters. The summed E-state index contributed by atoms with van der Waals surface area (Å²) in [4.78, 5) is 37.6. The molecule has 1 saturated heterocycles. The average Bonchev–Trinajstić information content (AvgIpc) is 2.84. The van der Waals surface area contributed by atoms with E-state index in [4.69, 9.17) is 17.3 Å². The lowest BCUT2D eigenvalue weighted by Gasteiger charge is -2.19. The Labute approximate surface area is 161 Å². The van der Waals surface area contributed by atoms with Crippen molar-refractivity contribution < 1.29 is 19.5 Å². The van der Waals surface area contributed by atoms with Crippen LogP contribution in [0.1, 0.15) is 25.8 Å². The van der Waals surface area contributed by atoms with Crippen LogP contribution in [0.15, 0.2) is 35.2 Å². The normalized spacial score (nSPS) is 17.0. The third-order valence-electron chi connectivity index (χ3n) is 3.78. The Balaban J connectivity index is 1.96. The van der Waals surface area contributed by atoms with Gasteiger partial charge in [-0.25, -0.2) is 4.79 Å². The number of carboxylic acids is 1. The summed E-state index contributed by atoms with van der Waals surface area (Å²) in [5.74, 6) is -1.98. The van der Waals surface area contributed by atoms with Crippen LogP contribution in [0.4, 0.5) is 0 Å². The summed E-state index contributed by atoms with van der Waals surface area (Å²) in [6.45, 7) is 3.55. The van der Waals surface area contributed by atoms with Gasteiger partial charge in [0.25, 0.3) is 5.91 Å². The number of carboxylic acid groups (broad SMARTS) is 1. The van der Waals surface area contributed by atoms with Crippen molar-refractivity contribution in [3.8, 4) is 0 Å². The Morgan fingerprint density at radius 2 is 1.96 bits per heavy atom. The van der Waals surface area contributed by atoms with Gasteiger partial charge in [-0.05, 0) is 17.6 Å². The molecule has 26 heavy (non-hydrogen) atoms. The molecule has 0 spiro atoms. The largest absolute Gasteiger partial charge is 0.480 e. The lowest BCUT2D eigenvalue weighted by atomic mass is 10.0. The first kappa shape index (κ1) is 20.1. The molecular weight excluding hydrogens is 372 g/mol. The monoisotopic (exact) mass is 392 g/mol. The van der Waals surface area contributed by atoms with Gasteiger partial charge >= 0.3 is 5.97 Å². The molecule has 1 aromatic carbocycles. The topological polar surface area (TPSA) is 86.7 Å². The zero-order chi connectivity index (χ0) is 19.3. The van der Waals surface area contributed by atoms with Gasteiger partial charge in [0, 0.05) is 13.0 Å². The number of nitrogens with one attached hydrogen (secondary N) is 1. The van der Waals surface area contributed by atoms with Crippen LogP contribution in [0.25, 0.3) is 6.08 Å². The molecule has 2 amide bonds. The SMILES string of the molecule is CC(C)[C@@H](NC(=O)CCN1C(=O)/C(=C\c2ccccc2)SC1=S)C(=O)O. The minimum atomic E-state index is -1.08. The maximum atomic E-state index is 12.5. The van der Waals surface area contributed by atoms with E-state index in [0.29, 0.717) is 9.23 Å². The Morgan fingerprint density at radius 1 is 1.31 bits per heavy atom. The van der Waals surface area contributed by atoms with Crippen molar-refractivity contribution in [2.75, 3.05) is 6.54 Å². The molecule has 1 aromatic rings. The highest BCUT2D eigenvalue weighted by molar-refractivity contribution is 8.26. The molecule has 1 fully saturated rings. The molecule has 0 bridgehead atoms. The van der Waals surface area contributed by atoms with Gasteiger partial charge in [0.1, 0.15) is 10.4 Å². The predicted molar refractivity (Wildman–Crippen MR) is 105 cm³/mol. The van der Waals surface area contributed by atoms with Crippen molar-refractivity contribution in [2.45, 2.75) is 26.3 Å². The standard InChI is InChI=1S/C18H20N2O4S2/c1-11(2)15(17(23)24)19-14(21)8-9-20-16(22)13(26-18(20)25)10-12-6-4-3-5-7-12/h3-7,10-11,15H,8-9H2,1-2H3,(H,19,21)(H,23,24)/b13-10+/t15-/m1/s1. The summed E-state index contributed by atoms with van der Waals surface area (Å²) in [7, 11) is 0. The molecule has 138 valence electrons. The van der Waals surface area contributed by atoms with E-state index in [9.17, 15) is 14.4 Å². The molecule has 0 aliphatic carbocycles. The van der Waals surface area contributed by atoms with Gasteiger partial charge in [-0.3, -0.25) is 14.5 Å². The molecule has 0 saturated carbocycles. The predicted octanol–water partition coefficient (Wildman–Crippen LogP) is 2.50. The van der Waals surface area contributed by atoms with E-state index in [1.54, 1.807) is 19.9 Å². The number of rotatable bonds is 7. The Bertz CT molecular complexity index is 747. The molecule has 2 rings (SSSR count). The van der Waals surface area contributed by atoms with Crippen LogP contribution in [0.5, 0.6) is 0 Å². The Morgan fingerprint density at radius 3 is 2.54 bits per heavy atom. The second-order valence-electron chi connectivity index (χ2n) is 6.12. The van der Waals surface area contributed by atoms with Gasteiger partial charge in [-0.15, -0.1) is 0 Å². The van der Waals surface area contributed by atoms with Crippen LogP contribution in [-0.2, 0) is 14.4 Å². The van der Waals surface area contributed by atoms with Gasteiger partial charge < -0.3 is 10.4 Å². The maximum absolute atomic E-state index is 12.5. The number of amides is 2. The third kappa shape index (κ3) is 5.15. The fourth-order valence-corrected chi connectivity index (χ4v) is 3.67. The van der Waals surface area contributed by atoms with E-state index in [1.165, 1.54) is 16.7 Å². The zero-order valence-corrected chi connectivity index (χ0v) is 16.1. The van der Waals surface area contributed by atoms with Crippen molar-refractivity contribution in [1.29, 1.82) is 0 Å². The number of hydrogen-bond acceptors (Lipinski definition) is 5. The first-order chi connectivity index (χ1) is 12.3. The summed E-state index contributed by atoms with van der Waals surface area (Å²) in [5.41, 5.74) is 0.895. The van der Waals surface area contributed by atoms with Crippen LogP contribution in [0.3, 0.4) is 0 Å². The van der Waals surface area contributed by atoms with Gasteiger partial charge in [0.2, 0.25) is 5.91 Å². The molecule has 0 aromatic heterocycles. The van der Waals surface area contributed by atoms with E-state index in [1.807, 2.05) is 30.3 Å². The Kier molecular flexibility index (Phi) is 6.93. The van der Waals surface area contributed by atoms with Gasteiger partial charge in [0.05, 0.1) is 4.91 Å². The second-order valence-corrected chi connectivity index (χ2v) is 7.80. The number of thioether (sulfide) groups is 1. The number of benzene rings is 1. The van der Waals surface area contributed by atoms with E-state index in [2.05, 4.69) is 5.32 Å². The summed E-state index contributed by atoms with van der Waals surface area (Å²) in [6, 6.07) is 8.47. The van der Waals surface area contributed by atoms with E-state index in [-0.39, 0.29) is 24.8 Å². The van der Waals surface area contributed by atoms with E-state index in [0.717, 1.165) is 5.56 Å².